The molecule has 0 aliphatic heterocycles. The summed E-state index contributed by atoms with van der Waals surface area (Å²) in [5.41, 5.74) is 8.79. The van der Waals surface area contributed by atoms with E-state index in [2.05, 4.69) is 4.98 Å². The molecule has 6 heteroatoms. The van der Waals surface area contributed by atoms with E-state index in [4.69, 9.17) is 10.8 Å². The van der Waals surface area contributed by atoms with Crippen LogP contribution >= 0.6 is 0 Å². The largest absolute Gasteiger partial charge is 0.478 e. The smallest absolute Gasteiger partial charge is 0.335 e. The van der Waals surface area contributed by atoms with Gasteiger partial charge in [0.05, 0.1) is 5.56 Å². The minimum Gasteiger partial charge on any atom is -0.478 e. The zero-order valence-electron chi connectivity index (χ0n) is 11.8. The third-order valence-corrected chi connectivity index (χ3v) is 3.43. The summed E-state index contributed by atoms with van der Waals surface area (Å²) >= 11 is 0. The lowest BCUT2D eigenvalue weighted by Crippen LogP contribution is -2.10. The summed E-state index contributed by atoms with van der Waals surface area (Å²) in [6.45, 7) is 1.87. The number of primary amides is 1. The fourth-order valence-electron chi connectivity index (χ4n) is 2.38. The van der Waals surface area contributed by atoms with Crippen LogP contribution in [0.3, 0.4) is 0 Å². The van der Waals surface area contributed by atoms with Crippen molar-refractivity contribution in [2.24, 2.45) is 5.73 Å². The maximum atomic E-state index is 11.2. The van der Waals surface area contributed by atoms with E-state index in [0.29, 0.717) is 5.65 Å². The van der Waals surface area contributed by atoms with Gasteiger partial charge in [-0.3, -0.25) is 4.79 Å². The van der Waals surface area contributed by atoms with Gasteiger partial charge in [-0.15, -0.1) is 0 Å². The number of fused-ring (bicyclic) bond motifs is 1. The molecular formula is C16H13N3O3. The summed E-state index contributed by atoms with van der Waals surface area (Å²) < 4.78 is 1.72. The number of rotatable bonds is 3. The lowest BCUT2D eigenvalue weighted by molar-refractivity contribution is 0.0696. The summed E-state index contributed by atoms with van der Waals surface area (Å²) in [7, 11) is 0. The van der Waals surface area contributed by atoms with Crippen molar-refractivity contribution in [1.29, 1.82) is 0 Å². The number of nitrogens with zero attached hydrogens (tertiary/aromatic N) is 2. The van der Waals surface area contributed by atoms with Crippen LogP contribution in [-0.4, -0.2) is 26.4 Å². The Morgan fingerprint density at radius 1 is 1.18 bits per heavy atom. The van der Waals surface area contributed by atoms with Crippen LogP contribution in [0.2, 0.25) is 0 Å². The van der Waals surface area contributed by atoms with E-state index >= 15 is 0 Å². The van der Waals surface area contributed by atoms with Gasteiger partial charge in [0.25, 0.3) is 5.91 Å². The van der Waals surface area contributed by atoms with Crippen LogP contribution in [0, 0.1) is 6.92 Å². The molecular weight excluding hydrogens is 282 g/mol. The number of aromatic carboxylic acids is 1. The number of aryl methyl sites for hydroxylation is 1. The van der Waals surface area contributed by atoms with Gasteiger partial charge in [0.1, 0.15) is 11.3 Å². The highest BCUT2D eigenvalue weighted by Gasteiger charge is 2.11. The maximum Gasteiger partial charge on any atom is 0.335 e. The molecule has 110 valence electrons. The van der Waals surface area contributed by atoms with Gasteiger partial charge in [-0.1, -0.05) is 12.1 Å². The number of hydrogen-bond acceptors (Lipinski definition) is 3. The van der Waals surface area contributed by atoms with Crippen molar-refractivity contribution in [3.63, 3.8) is 0 Å². The molecule has 2 aromatic heterocycles. The second-order valence-electron chi connectivity index (χ2n) is 5.02. The van der Waals surface area contributed by atoms with Crippen molar-refractivity contribution in [3.8, 4) is 11.1 Å². The molecule has 22 heavy (non-hydrogen) atoms. The number of carboxylic acids is 1. The van der Waals surface area contributed by atoms with Crippen molar-refractivity contribution >= 4 is 17.5 Å². The fraction of sp³-hybridized carbons (Fsp3) is 0.0625. The molecule has 0 spiro atoms. The van der Waals surface area contributed by atoms with E-state index in [1.54, 1.807) is 35.0 Å². The number of benzene rings is 1. The van der Waals surface area contributed by atoms with Crippen molar-refractivity contribution in [2.75, 3.05) is 0 Å². The van der Waals surface area contributed by atoms with Gasteiger partial charge < -0.3 is 15.2 Å². The first-order chi connectivity index (χ1) is 10.5. The second kappa shape index (κ2) is 5.00. The molecule has 3 aromatic rings. The van der Waals surface area contributed by atoms with Crippen LogP contribution in [0.1, 0.15) is 26.4 Å². The van der Waals surface area contributed by atoms with Crippen molar-refractivity contribution in [1.82, 2.24) is 9.38 Å². The zero-order valence-corrected chi connectivity index (χ0v) is 11.8. The Morgan fingerprint density at radius 2 is 1.95 bits per heavy atom. The van der Waals surface area contributed by atoms with Crippen LogP contribution in [0.5, 0.6) is 0 Å². The molecule has 0 aliphatic rings. The second-order valence-corrected chi connectivity index (χ2v) is 5.02. The fourth-order valence-corrected chi connectivity index (χ4v) is 2.38. The number of aromatic nitrogens is 2. The molecule has 0 saturated carbocycles. The van der Waals surface area contributed by atoms with Gasteiger partial charge in [-0.05, 0) is 41.8 Å². The number of pyridine rings is 1. The van der Waals surface area contributed by atoms with Gasteiger partial charge in [0, 0.05) is 12.4 Å². The topological polar surface area (TPSA) is 97.7 Å². The third-order valence-electron chi connectivity index (χ3n) is 3.43. The average molecular weight is 295 g/mol. The molecule has 1 amide bonds. The Hall–Kier alpha value is -3.15. The number of imidazole rings is 1. The van der Waals surface area contributed by atoms with Gasteiger partial charge in [-0.2, -0.15) is 0 Å². The highest BCUT2D eigenvalue weighted by molar-refractivity contribution is 5.92. The predicted octanol–water partition coefficient (Wildman–Crippen LogP) is 2.11. The van der Waals surface area contributed by atoms with Crippen LogP contribution < -0.4 is 5.73 Å². The Kier molecular flexibility index (Phi) is 3.14. The highest BCUT2D eigenvalue weighted by Crippen LogP contribution is 2.24. The normalized spacial score (nSPS) is 10.8. The molecule has 0 aliphatic carbocycles. The van der Waals surface area contributed by atoms with Gasteiger partial charge in [0.15, 0.2) is 0 Å². The molecule has 1 aromatic carbocycles. The molecule has 0 fully saturated rings. The summed E-state index contributed by atoms with van der Waals surface area (Å²) in [5, 5.41) is 9.08. The number of carbonyl (C=O) groups is 2. The first kappa shape index (κ1) is 13.8. The molecule has 2 heterocycles. The first-order valence-electron chi connectivity index (χ1n) is 6.58. The van der Waals surface area contributed by atoms with Crippen LogP contribution in [0.15, 0.2) is 42.7 Å². The molecule has 0 unspecified atom stereocenters. The van der Waals surface area contributed by atoms with Gasteiger partial charge >= 0.3 is 5.97 Å². The molecule has 0 saturated heterocycles. The number of carboxylic acid groups (broad SMARTS) is 1. The number of amides is 1. The lowest BCUT2D eigenvalue weighted by Gasteiger charge is -2.06. The number of nitrogens with two attached hydrogens (primary N) is 1. The minimum absolute atomic E-state index is 0.194. The Bertz CT molecular complexity index is 912. The predicted molar refractivity (Wildman–Crippen MR) is 80.8 cm³/mol. The van der Waals surface area contributed by atoms with Crippen molar-refractivity contribution in [2.45, 2.75) is 6.92 Å². The van der Waals surface area contributed by atoms with Crippen molar-refractivity contribution < 1.29 is 14.7 Å². The van der Waals surface area contributed by atoms with Crippen LogP contribution in [0.4, 0.5) is 0 Å². The molecule has 0 atom stereocenters. The molecule has 6 nitrogen and oxygen atoms in total. The maximum absolute atomic E-state index is 11.2. The molecule has 3 rings (SSSR count). The molecule has 0 radical (unpaired) electrons. The minimum atomic E-state index is -0.974. The Labute approximate surface area is 125 Å². The van der Waals surface area contributed by atoms with E-state index in [1.807, 2.05) is 19.1 Å². The van der Waals surface area contributed by atoms with Crippen molar-refractivity contribution in [3.05, 3.63) is 59.5 Å². The summed E-state index contributed by atoms with van der Waals surface area (Å²) in [6, 6.07) is 8.57. The molecule has 3 N–H and O–H groups in total. The van der Waals surface area contributed by atoms with Crippen LogP contribution in [0.25, 0.3) is 16.8 Å². The summed E-state index contributed by atoms with van der Waals surface area (Å²) in [5.74, 6) is -1.56. The SMILES string of the molecule is Cc1cc(-c2cccc(C(=O)O)c2)cn2cc(C(N)=O)nc12. The quantitative estimate of drug-likeness (QED) is 0.773. The van der Waals surface area contributed by atoms with Gasteiger partial charge in [-0.25, -0.2) is 9.78 Å². The zero-order chi connectivity index (χ0) is 15.9. The summed E-state index contributed by atoms with van der Waals surface area (Å²) in [6.07, 6.45) is 3.36. The van der Waals surface area contributed by atoms with E-state index < -0.39 is 11.9 Å². The Morgan fingerprint density at radius 3 is 2.64 bits per heavy atom. The van der Waals surface area contributed by atoms with E-state index in [1.165, 1.54) is 0 Å². The third kappa shape index (κ3) is 2.31. The average Bonchev–Trinajstić information content (AvgIpc) is 2.92. The monoisotopic (exact) mass is 295 g/mol. The Balaban J connectivity index is 2.17. The number of hydrogen-bond donors (Lipinski definition) is 2. The summed E-state index contributed by atoms with van der Waals surface area (Å²) in [4.78, 5) is 26.5. The lowest BCUT2D eigenvalue weighted by atomic mass is 10.0. The van der Waals surface area contributed by atoms with E-state index in [0.717, 1.165) is 16.7 Å². The highest BCUT2D eigenvalue weighted by atomic mass is 16.4. The van der Waals surface area contributed by atoms with E-state index in [9.17, 15) is 9.59 Å². The van der Waals surface area contributed by atoms with Gasteiger partial charge in [0.2, 0.25) is 0 Å². The first-order valence-corrected chi connectivity index (χ1v) is 6.58. The molecule has 0 bridgehead atoms. The van der Waals surface area contributed by atoms with E-state index in [-0.39, 0.29) is 11.3 Å². The van der Waals surface area contributed by atoms with Crippen LogP contribution in [-0.2, 0) is 0 Å². The number of carbonyl (C=O) groups excluding carboxylic acids is 1. The standard InChI is InChI=1S/C16H13N3O3/c1-9-5-12(10-3-2-4-11(6-10)16(21)22)7-19-8-13(14(17)20)18-15(9)19/h2-8H,1H3,(H2,17,20)(H,21,22).